The van der Waals surface area contributed by atoms with Gasteiger partial charge in [0.1, 0.15) is 0 Å². The molecule has 1 aromatic carbocycles. The summed E-state index contributed by atoms with van der Waals surface area (Å²) in [7, 11) is 0. The largest absolute Gasteiger partial charge is 0.335 e. The van der Waals surface area contributed by atoms with Gasteiger partial charge in [0.25, 0.3) is 5.91 Å². The quantitative estimate of drug-likeness (QED) is 0.746. The van der Waals surface area contributed by atoms with Crippen molar-refractivity contribution in [3.8, 4) is 5.69 Å². The van der Waals surface area contributed by atoms with E-state index in [-0.39, 0.29) is 5.91 Å². The Hall–Kier alpha value is -1.73. The van der Waals surface area contributed by atoms with E-state index in [1.807, 2.05) is 36.1 Å². The lowest BCUT2D eigenvalue weighted by Crippen LogP contribution is -2.49. The van der Waals surface area contributed by atoms with Crippen molar-refractivity contribution in [2.75, 3.05) is 32.7 Å². The van der Waals surface area contributed by atoms with Gasteiger partial charge in [-0.3, -0.25) is 9.69 Å². The molecule has 1 aliphatic heterocycles. The molecule has 0 atom stereocenters. The fraction of sp³-hybridized carbons (Fsp3) is 0.526. The van der Waals surface area contributed by atoms with E-state index in [1.54, 1.807) is 4.68 Å². The molecule has 26 heavy (non-hydrogen) atoms. The van der Waals surface area contributed by atoms with Gasteiger partial charge in [0.15, 0.2) is 5.69 Å². The number of carbonyl (C=O) groups excluding carboxylic acids is 1. The standard InChI is InChI=1S/C19H26BrN5O/c1-14(2)7-8-23-9-11-24(12-10-23)19(26)18-15(3)25(22-21-18)17-6-4-5-16(20)13-17/h4-6,13-14H,7-12H2,1-3H3. The van der Waals surface area contributed by atoms with Crippen molar-refractivity contribution in [2.24, 2.45) is 5.92 Å². The predicted molar refractivity (Wildman–Crippen MR) is 106 cm³/mol. The lowest BCUT2D eigenvalue weighted by molar-refractivity contribution is 0.0625. The zero-order valence-corrected chi connectivity index (χ0v) is 17.2. The molecule has 6 nitrogen and oxygen atoms in total. The number of carbonyl (C=O) groups is 1. The Labute approximate surface area is 163 Å². The topological polar surface area (TPSA) is 54.3 Å². The smallest absolute Gasteiger partial charge is 0.276 e. The zero-order valence-electron chi connectivity index (χ0n) is 15.7. The van der Waals surface area contributed by atoms with Gasteiger partial charge in [0.2, 0.25) is 0 Å². The fourth-order valence-corrected chi connectivity index (χ4v) is 3.53. The summed E-state index contributed by atoms with van der Waals surface area (Å²) in [6, 6.07) is 7.82. The van der Waals surface area contributed by atoms with E-state index in [1.165, 1.54) is 6.42 Å². The molecule has 1 aliphatic rings. The van der Waals surface area contributed by atoms with Crippen LogP contribution in [0.5, 0.6) is 0 Å². The lowest BCUT2D eigenvalue weighted by Gasteiger charge is -2.34. The number of halogens is 1. The summed E-state index contributed by atoms with van der Waals surface area (Å²) in [6.07, 6.45) is 1.20. The molecular weight excluding hydrogens is 394 g/mol. The number of rotatable bonds is 5. The molecule has 1 amide bonds. The molecular formula is C19H26BrN5O. The van der Waals surface area contributed by atoms with Crippen LogP contribution in [0.2, 0.25) is 0 Å². The van der Waals surface area contributed by atoms with Crippen molar-refractivity contribution in [3.05, 3.63) is 40.1 Å². The Morgan fingerprint density at radius 2 is 1.96 bits per heavy atom. The van der Waals surface area contributed by atoms with Crippen LogP contribution < -0.4 is 0 Å². The SMILES string of the molecule is Cc1c(C(=O)N2CCN(CCC(C)C)CC2)nnn1-c1cccc(Br)c1. The van der Waals surface area contributed by atoms with Crippen LogP contribution in [0.25, 0.3) is 5.69 Å². The minimum atomic E-state index is -0.0211. The molecule has 3 rings (SSSR count). The maximum atomic E-state index is 12.9. The van der Waals surface area contributed by atoms with Crippen LogP contribution in [0.4, 0.5) is 0 Å². The lowest BCUT2D eigenvalue weighted by atomic mass is 10.1. The van der Waals surface area contributed by atoms with Gasteiger partial charge >= 0.3 is 0 Å². The zero-order chi connectivity index (χ0) is 18.7. The van der Waals surface area contributed by atoms with Gasteiger partial charge in [-0.05, 0) is 44.0 Å². The molecule has 0 aliphatic carbocycles. The molecule has 0 spiro atoms. The van der Waals surface area contributed by atoms with Crippen LogP contribution in [-0.2, 0) is 0 Å². The number of benzene rings is 1. The molecule has 0 saturated carbocycles. The van der Waals surface area contributed by atoms with Gasteiger partial charge in [-0.15, -0.1) is 5.10 Å². The first-order valence-electron chi connectivity index (χ1n) is 9.15. The highest BCUT2D eigenvalue weighted by molar-refractivity contribution is 9.10. The number of hydrogen-bond acceptors (Lipinski definition) is 4. The Bertz CT molecular complexity index is 765. The molecule has 140 valence electrons. The number of piperazine rings is 1. The second-order valence-corrected chi connectivity index (χ2v) is 8.15. The van der Waals surface area contributed by atoms with Gasteiger partial charge in [-0.2, -0.15) is 0 Å². The summed E-state index contributed by atoms with van der Waals surface area (Å²) in [5.41, 5.74) is 2.11. The van der Waals surface area contributed by atoms with E-state index in [2.05, 4.69) is 45.0 Å². The van der Waals surface area contributed by atoms with E-state index in [0.717, 1.165) is 48.6 Å². The predicted octanol–water partition coefficient (Wildman–Crippen LogP) is 3.14. The number of aromatic nitrogens is 3. The maximum Gasteiger partial charge on any atom is 0.276 e. The molecule has 0 bridgehead atoms. The summed E-state index contributed by atoms with van der Waals surface area (Å²) in [6.45, 7) is 10.9. The first kappa shape index (κ1) is 19.0. The number of amides is 1. The number of hydrogen-bond donors (Lipinski definition) is 0. The first-order valence-corrected chi connectivity index (χ1v) is 9.95. The van der Waals surface area contributed by atoms with Crippen molar-refractivity contribution in [1.29, 1.82) is 0 Å². The van der Waals surface area contributed by atoms with Crippen LogP contribution in [-0.4, -0.2) is 63.4 Å². The summed E-state index contributed by atoms with van der Waals surface area (Å²) < 4.78 is 2.69. The van der Waals surface area contributed by atoms with Crippen molar-refractivity contribution < 1.29 is 4.79 Å². The summed E-state index contributed by atoms with van der Waals surface area (Å²) in [5, 5.41) is 8.36. The molecule has 0 N–H and O–H groups in total. The Morgan fingerprint density at radius 3 is 2.62 bits per heavy atom. The van der Waals surface area contributed by atoms with Crippen LogP contribution in [0, 0.1) is 12.8 Å². The van der Waals surface area contributed by atoms with Crippen LogP contribution in [0.3, 0.4) is 0 Å². The minimum Gasteiger partial charge on any atom is -0.335 e. The molecule has 1 saturated heterocycles. The Morgan fingerprint density at radius 1 is 1.23 bits per heavy atom. The third kappa shape index (κ3) is 4.32. The second-order valence-electron chi connectivity index (χ2n) is 7.23. The Kier molecular flexibility index (Phi) is 6.09. The van der Waals surface area contributed by atoms with Crippen LogP contribution >= 0.6 is 15.9 Å². The minimum absolute atomic E-state index is 0.0211. The van der Waals surface area contributed by atoms with Gasteiger partial charge in [-0.25, -0.2) is 4.68 Å². The fourth-order valence-electron chi connectivity index (χ4n) is 3.14. The normalized spacial score (nSPS) is 15.7. The van der Waals surface area contributed by atoms with Crippen molar-refractivity contribution in [1.82, 2.24) is 24.8 Å². The number of nitrogens with zero attached hydrogens (tertiary/aromatic N) is 5. The average Bonchev–Trinajstić information content (AvgIpc) is 3.01. The highest BCUT2D eigenvalue weighted by Gasteiger charge is 2.26. The Balaban J connectivity index is 1.66. The van der Waals surface area contributed by atoms with E-state index in [9.17, 15) is 4.79 Å². The third-order valence-electron chi connectivity index (χ3n) is 4.83. The third-order valence-corrected chi connectivity index (χ3v) is 5.33. The summed E-state index contributed by atoms with van der Waals surface area (Å²) in [4.78, 5) is 17.2. The molecule has 0 unspecified atom stereocenters. The monoisotopic (exact) mass is 419 g/mol. The molecule has 2 heterocycles. The van der Waals surface area contributed by atoms with Gasteiger partial charge in [-0.1, -0.05) is 41.1 Å². The van der Waals surface area contributed by atoms with Gasteiger partial charge in [0, 0.05) is 30.7 Å². The van der Waals surface area contributed by atoms with Crippen molar-refractivity contribution in [3.63, 3.8) is 0 Å². The molecule has 2 aromatic rings. The maximum absolute atomic E-state index is 12.9. The first-order chi connectivity index (χ1) is 12.5. The highest BCUT2D eigenvalue weighted by atomic mass is 79.9. The highest BCUT2D eigenvalue weighted by Crippen LogP contribution is 2.18. The second kappa shape index (κ2) is 8.31. The average molecular weight is 420 g/mol. The summed E-state index contributed by atoms with van der Waals surface area (Å²) in [5.74, 6) is 0.692. The van der Waals surface area contributed by atoms with Crippen molar-refractivity contribution >= 4 is 21.8 Å². The molecule has 7 heteroatoms. The van der Waals surface area contributed by atoms with Gasteiger partial charge < -0.3 is 4.90 Å². The van der Waals surface area contributed by atoms with E-state index in [0.29, 0.717) is 11.6 Å². The molecule has 1 aromatic heterocycles. The van der Waals surface area contributed by atoms with Crippen LogP contribution in [0.1, 0.15) is 36.5 Å². The van der Waals surface area contributed by atoms with Crippen molar-refractivity contribution in [2.45, 2.75) is 27.2 Å². The molecule has 0 radical (unpaired) electrons. The summed E-state index contributed by atoms with van der Waals surface area (Å²) >= 11 is 3.47. The van der Waals surface area contributed by atoms with E-state index < -0.39 is 0 Å². The van der Waals surface area contributed by atoms with Crippen LogP contribution in [0.15, 0.2) is 28.7 Å². The van der Waals surface area contributed by atoms with E-state index >= 15 is 0 Å². The van der Waals surface area contributed by atoms with E-state index in [4.69, 9.17) is 0 Å². The molecule has 1 fully saturated rings. The van der Waals surface area contributed by atoms with Gasteiger partial charge in [0.05, 0.1) is 11.4 Å².